The Labute approximate surface area is 128 Å². The number of unbranched alkanes of at least 4 members (excludes halogenated alkanes) is 3. The van der Waals surface area contributed by atoms with Crippen LogP contribution in [0, 0.1) is 0 Å². The average Bonchev–Trinajstić information content (AvgIpc) is 2.52. The molecular formula is C20H26O. The van der Waals surface area contributed by atoms with E-state index in [-0.39, 0.29) is 0 Å². The monoisotopic (exact) mass is 282 g/mol. The number of rotatable bonds is 8. The van der Waals surface area contributed by atoms with Crippen LogP contribution in [0.5, 0.6) is 5.75 Å². The minimum Gasteiger partial charge on any atom is -0.508 e. The van der Waals surface area contributed by atoms with Gasteiger partial charge in [-0.1, -0.05) is 62.6 Å². The molecule has 1 N–H and O–H groups in total. The predicted molar refractivity (Wildman–Crippen MR) is 89.8 cm³/mol. The van der Waals surface area contributed by atoms with Crippen LogP contribution in [0.15, 0.2) is 48.5 Å². The lowest BCUT2D eigenvalue weighted by Gasteiger charge is -2.05. The average molecular weight is 282 g/mol. The first-order valence-corrected chi connectivity index (χ1v) is 8.13. The number of benzene rings is 2. The smallest absolute Gasteiger partial charge is 0.115 e. The van der Waals surface area contributed by atoms with Crippen molar-refractivity contribution in [1.82, 2.24) is 0 Å². The van der Waals surface area contributed by atoms with E-state index in [1.54, 1.807) is 12.1 Å². The van der Waals surface area contributed by atoms with Gasteiger partial charge in [-0.2, -0.15) is 0 Å². The Balaban J connectivity index is 1.78. The molecule has 112 valence electrons. The van der Waals surface area contributed by atoms with Crippen LogP contribution in [0.4, 0.5) is 0 Å². The first kappa shape index (κ1) is 15.6. The number of phenols is 1. The van der Waals surface area contributed by atoms with Crippen LogP contribution in [-0.4, -0.2) is 5.11 Å². The molecular weight excluding hydrogens is 256 g/mol. The molecule has 0 aliphatic carbocycles. The van der Waals surface area contributed by atoms with E-state index >= 15 is 0 Å². The van der Waals surface area contributed by atoms with E-state index in [0.29, 0.717) is 5.75 Å². The van der Waals surface area contributed by atoms with E-state index in [2.05, 4.69) is 31.2 Å². The summed E-state index contributed by atoms with van der Waals surface area (Å²) in [4.78, 5) is 0. The van der Waals surface area contributed by atoms with E-state index in [1.165, 1.54) is 48.8 Å². The number of aromatic hydroxyl groups is 1. The van der Waals surface area contributed by atoms with Gasteiger partial charge in [0.1, 0.15) is 5.75 Å². The Morgan fingerprint density at radius 1 is 0.619 bits per heavy atom. The highest BCUT2D eigenvalue weighted by Crippen LogP contribution is 2.14. The predicted octanol–water partition coefficient (Wildman–Crippen LogP) is 5.30. The topological polar surface area (TPSA) is 20.2 Å². The molecule has 0 aliphatic rings. The molecule has 0 saturated heterocycles. The highest BCUT2D eigenvalue weighted by molar-refractivity contribution is 5.28. The summed E-state index contributed by atoms with van der Waals surface area (Å²) in [7, 11) is 0. The maximum Gasteiger partial charge on any atom is 0.115 e. The molecule has 2 aromatic rings. The Kier molecular flexibility index (Phi) is 6.33. The van der Waals surface area contributed by atoms with Gasteiger partial charge in [0.15, 0.2) is 0 Å². The molecule has 0 bridgehead atoms. The van der Waals surface area contributed by atoms with Crippen molar-refractivity contribution < 1.29 is 5.11 Å². The summed E-state index contributed by atoms with van der Waals surface area (Å²) in [5, 5.41) is 9.28. The number of phenolic OH excluding ortho intramolecular Hbond substituents is 1. The van der Waals surface area contributed by atoms with Crippen molar-refractivity contribution in [2.24, 2.45) is 0 Å². The van der Waals surface area contributed by atoms with Crippen LogP contribution in [0.2, 0.25) is 0 Å². The van der Waals surface area contributed by atoms with E-state index in [1.807, 2.05) is 12.1 Å². The molecule has 1 heteroatoms. The SMILES string of the molecule is CCCCCCc1ccc(CCc2ccc(O)cc2)cc1. The fraction of sp³-hybridized carbons (Fsp3) is 0.400. The van der Waals surface area contributed by atoms with Gasteiger partial charge >= 0.3 is 0 Å². The molecule has 0 fully saturated rings. The highest BCUT2D eigenvalue weighted by atomic mass is 16.3. The van der Waals surface area contributed by atoms with Crippen LogP contribution >= 0.6 is 0 Å². The van der Waals surface area contributed by atoms with Gasteiger partial charge in [0.25, 0.3) is 0 Å². The maximum atomic E-state index is 9.28. The molecule has 0 aromatic heterocycles. The third kappa shape index (κ3) is 5.63. The van der Waals surface area contributed by atoms with Crippen molar-refractivity contribution in [3.8, 4) is 5.75 Å². The van der Waals surface area contributed by atoms with Crippen LogP contribution in [-0.2, 0) is 19.3 Å². The molecule has 21 heavy (non-hydrogen) atoms. The van der Waals surface area contributed by atoms with Gasteiger partial charge in [-0.05, 0) is 54.5 Å². The fourth-order valence-corrected chi connectivity index (χ4v) is 2.58. The van der Waals surface area contributed by atoms with Gasteiger partial charge in [0, 0.05) is 0 Å². The van der Waals surface area contributed by atoms with Crippen LogP contribution < -0.4 is 0 Å². The van der Waals surface area contributed by atoms with Crippen molar-refractivity contribution in [2.75, 3.05) is 0 Å². The number of hydrogen-bond acceptors (Lipinski definition) is 1. The normalized spacial score (nSPS) is 10.7. The Bertz CT molecular complexity index is 511. The Hall–Kier alpha value is -1.76. The molecule has 1 nitrogen and oxygen atoms in total. The third-order valence-electron chi connectivity index (χ3n) is 3.98. The van der Waals surface area contributed by atoms with E-state index < -0.39 is 0 Å². The molecule has 0 unspecified atom stereocenters. The summed E-state index contributed by atoms with van der Waals surface area (Å²) in [6.07, 6.45) is 8.59. The minimum atomic E-state index is 0.339. The van der Waals surface area contributed by atoms with Crippen LogP contribution in [0.3, 0.4) is 0 Å². The summed E-state index contributed by atoms with van der Waals surface area (Å²) in [5.74, 6) is 0.339. The number of hydrogen-bond donors (Lipinski definition) is 1. The van der Waals surface area contributed by atoms with Crippen molar-refractivity contribution in [1.29, 1.82) is 0 Å². The zero-order valence-electron chi connectivity index (χ0n) is 13.0. The largest absolute Gasteiger partial charge is 0.508 e. The maximum absolute atomic E-state index is 9.28. The zero-order chi connectivity index (χ0) is 14.9. The molecule has 2 rings (SSSR count). The number of aryl methyl sites for hydroxylation is 3. The van der Waals surface area contributed by atoms with Gasteiger partial charge in [-0.3, -0.25) is 0 Å². The lowest BCUT2D eigenvalue weighted by molar-refractivity contribution is 0.475. The van der Waals surface area contributed by atoms with Gasteiger partial charge in [0.2, 0.25) is 0 Å². The lowest BCUT2D eigenvalue weighted by atomic mass is 10.0. The van der Waals surface area contributed by atoms with Crippen LogP contribution in [0.25, 0.3) is 0 Å². The molecule has 0 atom stereocenters. The van der Waals surface area contributed by atoms with Crippen molar-refractivity contribution in [3.63, 3.8) is 0 Å². The molecule has 0 heterocycles. The summed E-state index contributed by atoms with van der Waals surface area (Å²) in [6.45, 7) is 2.25. The lowest BCUT2D eigenvalue weighted by Crippen LogP contribution is -1.92. The molecule has 0 saturated carbocycles. The summed E-state index contributed by atoms with van der Waals surface area (Å²) < 4.78 is 0. The minimum absolute atomic E-state index is 0.339. The highest BCUT2D eigenvalue weighted by Gasteiger charge is 1.98. The second kappa shape index (κ2) is 8.51. The first-order valence-electron chi connectivity index (χ1n) is 8.13. The molecule has 0 spiro atoms. The molecule has 0 aliphatic heterocycles. The van der Waals surface area contributed by atoms with Crippen molar-refractivity contribution in [2.45, 2.75) is 51.9 Å². The Morgan fingerprint density at radius 3 is 1.62 bits per heavy atom. The van der Waals surface area contributed by atoms with Gasteiger partial charge < -0.3 is 5.11 Å². The standard InChI is InChI=1S/C20H26O/c1-2-3-4-5-6-17-7-9-18(10-8-17)11-12-19-13-15-20(21)16-14-19/h7-10,13-16,21H,2-6,11-12H2,1H3. The van der Waals surface area contributed by atoms with E-state index in [0.717, 1.165) is 12.8 Å². The van der Waals surface area contributed by atoms with Crippen molar-refractivity contribution >= 4 is 0 Å². The molecule has 0 radical (unpaired) electrons. The fourth-order valence-electron chi connectivity index (χ4n) is 2.58. The zero-order valence-corrected chi connectivity index (χ0v) is 13.0. The van der Waals surface area contributed by atoms with Crippen molar-refractivity contribution in [3.05, 3.63) is 65.2 Å². The molecule has 0 amide bonds. The third-order valence-corrected chi connectivity index (χ3v) is 3.98. The molecule has 2 aromatic carbocycles. The quantitative estimate of drug-likeness (QED) is 0.651. The van der Waals surface area contributed by atoms with Gasteiger partial charge in [-0.25, -0.2) is 0 Å². The van der Waals surface area contributed by atoms with Crippen LogP contribution in [0.1, 0.15) is 49.3 Å². The summed E-state index contributed by atoms with van der Waals surface area (Å²) in [6, 6.07) is 16.6. The second-order valence-corrected chi connectivity index (χ2v) is 5.79. The summed E-state index contributed by atoms with van der Waals surface area (Å²) in [5.41, 5.74) is 4.12. The van der Waals surface area contributed by atoms with Gasteiger partial charge in [0.05, 0.1) is 0 Å². The van der Waals surface area contributed by atoms with E-state index in [9.17, 15) is 5.11 Å². The second-order valence-electron chi connectivity index (χ2n) is 5.79. The first-order chi connectivity index (χ1) is 10.3. The Morgan fingerprint density at radius 2 is 1.10 bits per heavy atom. The van der Waals surface area contributed by atoms with E-state index in [4.69, 9.17) is 0 Å². The van der Waals surface area contributed by atoms with Gasteiger partial charge in [-0.15, -0.1) is 0 Å². The summed E-state index contributed by atoms with van der Waals surface area (Å²) >= 11 is 0.